The molecule has 4 nitrogen and oxygen atoms in total. The Kier molecular flexibility index (Phi) is 11.2. The molecule has 0 heterocycles. The summed E-state index contributed by atoms with van der Waals surface area (Å²) in [6.45, 7) is 5.92. The van der Waals surface area contributed by atoms with Crippen molar-refractivity contribution in [1.29, 1.82) is 0 Å². The number of ether oxygens (including phenoxy) is 1. The van der Waals surface area contributed by atoms with E-state index in [4.69, 9.17) is 4.74 Å². The van der Waals surface area contributed by atoms with Crippen LogP contribution in [0.2, 0.25) is 0 Å². The van der Waals surface area contributed by atoms with E-state index in [1.807, 2.05) is 0 Å². The molecule has 0 radical (unpaired) electrons. The normalized spacial score (nSPS) is 15.0. The van der Waals surface area contributed by atoms with Crippen molar-refractivity contribution in [2.75, 3.05) is 26.9 Å². The molecule has 0 fully saturated rings. The topological polar surface area (TPSA) is 50.7 Å². The van der Waals surface area contributed by atoms with Gasteiger partial charge in [0.25, 0.3) is 0 Å². The fourth-order valence-electron chi connectivity index (χ4n) is 1.51. The van der Waals surface area contributed by atoms with Crippen LogP contribution in [0.5, 0.6) is 0 Å². The minimum atomic E-state index is -0.497. The Morgan fingerprint density at radius 3 is 2.56 bits per heavy atom. The van der Waals surface area contributed by atoms with E-state index in [-0.39, 0.29) is 0 Å². The van der Waals surface area contributed by atoms with Gasteiger partial charge in [0, 0.05) is 13.2 Å². The maximum Gasteiger partial charge on any atom is 0.0920 e. The Balaban J connectivity index is 3.45. The standard InChI is InChI=1S/C12H27NO3/c1-4-6-7-11(5-2)9-16-10-12(14)8-13-15-3/h11-14H,4-10H2,1-3H3. The van der Waals surface area contributed by atoms with Gasteiger partial charge in [-0.1, -0.05) is 33.1 Å². The van der Waals surface area contributed by atoms with Crippen LogP contribution in [0.1, 0.15) is 39.5 Å². The van der Waals surface area contributed by atoms with E-state index in [0.717, 1.165) is 13.0 Å². The lowest BCUT2D eigenvalue weighted by atomic mass is 10.0. The molecular weight excluding hydrogens is 206 g/mol. The summed E-state index contributed by atoms with van der Waals surface area (Å²) in [7, 11) is 1.53. The molecule has 0 saturated carbocycles. The number of aliphatic hydroxyl groups is 1. The van der Waals surface area contributed by atoms with Gasteiger partial charge in [-0.3, -0.25) is 0 Å². The zero-order chi connectivity index (χ0) is 12.2. The van der Waals surface area contributed by atoms with E-state index in [9.17, 15) is 5.11 Å². The highest BCUT2D eigenvalue weighted by Gasteiger charge is 2.08. The van der Waals surface area contributed by atoms with Crippen LogP contribution in [0.4, 0.5) is 0 Å². The van der Waals surface area contributed by atoms with Crippen molar-refractivity contribution in [3.05, 3.63) is 0 Å². The van der Waals surface area contributed by atoms with E-state index in [2.05, 4.69) is 24.2 Å². The van der Waals surface area contributed by atoms with Crippen molar-refractivity contribution >= 4 is 0 Å². The maximum atomic E-state index is 9.47. The van der Waals surface area contributed by atoms with Gasteiger partial charge >= 0.3 is 0 Å². The van der Waals surface area contributed by atoms with Crippen molar-refractivity contribution in [3.63, 3.8) is 0 Å². The third-order valence-electron chi connectivity index (χ3n) is 2.67. The smallest absolute Gasteiger partial charge is 0.0920 e. The molecule has 2 N–H and O–H groups in total. The summed E-state index contributed by atoms with van der Waals surface area (Å²) in [4.78, 5) is 4.65. The number of hydroxylamine groups is 1. The summed E-state index contributed by atoms with van der Waals surface area (Å²) in [5.41, 5.74) is 2.60. The second kappa shape index (κ2) is 11.3. The maximum absolute atomic E-state index is 9.47. The van der Waals surface area contributed by atoms with E-state index >= 15 is 0 Å². The predicted molar refractivity (Wildman–Crippen MR) is 65.1 cm³/mol. The van der Waals surface area contributed by atoms with Crippen LogP contribution in [0.15, 0.2) is 0 Å². The summed E-state index contributed by atoms with van der Waals surface area (Å²) >= 11 is 0. The summed E-state index contributed by atoms with van der Waals surface area (Å²) in [6, 6.07) is 0. The molecule has 2 unspecified atom stereocenters. The van der Waals surface area contributed by atoms with E-state index in [1.165, 1.54) is 26.4 Å². The van der Waals surface area contributed by atoms with Crippen molar-refractivity contribution in [1.82, 2.24) is 5.48 Å². The molecule has 4 heteroatoms. The highest BCUT2D eigenvalue weighted by atomic mass is 16.6. The summed E-state index contributed by atoms with van der Waals surface area (Å²) < 4.78 is 5.50. The SMILES string of the molecule is CCCCC(CC)COCC(O)CNOC. The monoisotopic (exact) mass is 233 g/mol. The van der Waals surface area contributed by atoms with Crippen LogP contribution in [0.3, 0.4) is 0 Å². The van der Waals surface area contributed by atoms with Crippen molar-refractivity contribution < 1.29 is 14.7 Å². The van der Waals surface area contributed by atoms with Crippen molar-refractivity contribution in [2.45, 2.75) is 45.6 Å². The fraction of sp³-hybridized carbons (Fsp3) is 1.00. The van der Waals surface area contributed by atoms with Gasteiger partial charge in [0.1, 0.15) is 0 Å². The number of hydrogen-bond acceptors (Lipinski definition) is 4. The Morgan fingerprint density at radius 1 is 1.25 bits per heavy atom. The lowest BCUT2D eigenvalue weighted by Gasteiger charge is -2.16. The Morgan fingerprint density at radius 2 is 2.00 bits per heavy atom. The first-order valence-electron chi connectivity index (χ1n) is 6.26. The molecule has 0 aliphatic rings. The molecule has 0 aliphatic carbocycles. The molecule has 0 saturated heterocycles. The molecule has 0 aliphatic heterocycles. The summed E-state index contributed by atoms with van der Waals surface area (Å²) in [6.07, 6.45) is 4.36. The van der Waals surface area contributed by atoms with Crippen LogP contribution in [0, 0.1) is 5.92 Å². The molecule has 16 heavy (non-hydrogen) atoms. The van der Waals surface area contributed by atoms with E-state index < -0.39 is 6.10 Å². The molecule has 98 valence electrons. The largest absolute Gasteiger partial charge is 0.389 e. The van der Waals surface area contributed by atoms with Gasteiger partial charge in [0.05, 0.1) is 19.8 Å². The molecule has 2 atom stereocenters. The van der Waals surface area contributed by atoms with Gasteiger partial charge in [-0.05, 0) is 12.3 Å². The highest BCUT2D eigenvalue weighted by Crippen LogP contribution is 2.12. The van der Waals surface area contributed by atoms with E-state index in [0.29, 0.717) is 19.1 Å². The fourth-order valence-corrected chi connectivity index (χ4v) is 1.51. The minimum absolute atomic E-state index is 0.374. The van der Waals surface area contributed by atoms with E-state index in [1.54, 1.807) is 0 Å². The first kappa shape index (κ1) is 15.8. The minimum Gasteiger partial charge on any atom is -0.389 e. The lowest BCUT2D eigenvalue weighted by Crippen LogP contribution is -2.30. The Labute approximate surface area is 99.3 Å². The third-order valence-corrected chi connectivity index (χ3v) is 2.67. The molecule has 0 bridgehead atoms. The van der Waals surface area contributed by atoms with Gasteiger partial charge in [0.15, 0.2) is 0 Å². The average molecular weight is 233 g/mol. The molecule has 0 aromatic heterocycles. The Hall–Kier alpha value is -0.160. The van der Waals surface area contributed by atoms with Gasteiger partial charge in [0.2, 0.25) is 0 Å². The quantitative estimate of drug-likeness (QED) is 0.534. The van der Waals surface area contributed by atoms with Crippen LogP contribution in [0.25, 0.3) is 0 Å². The first-order valence-corrected chi connectivity index (χ1v) is 6.26. The molecule has 0 aromatic carbocycles. The number of unbranched alkanes of at least 4 members (excludes halogenated alkanes) is 1. The van der Waals surface area contributed by atoms with Crippen LogP contribution >= 0.6 is 0 Å². The summed E-state index contributed by atoms with van der Waals surface area (Å²) in [5.74, 6) is 0.627. The lowest BCUT2D eigenvalue weighted by molar-refractivity contribution is -0.00749. The second-order valence-corrected chi connectivity index (χ2v) is 4.16. The third kappa shape index (κ3) is 9.09. The zero-order valence-corrected chi connectivity index (χ0v) is 10.9. The number of aliphatic hydroxyl groups excluding tert-OH is 1. The van der Waals surface area contributed by atoms with Gasteiger partial charge in [-0.2, -0.15) is 0 Å². The predicted octanol–water partition coefficient (Wildman–Crippen LogP) is 1.73. The molecule has 0 rings (SSSR count). The second-order valence-electron chi connectivity index (χ2n) is 4.16. The Bertz CT molecular complexity index is 144. The number of rotatable bonds is 11. The van der Waals surface area contributed by atoms with Crippen molar-refractivity contribution in [3.8, 4) is 0 Å². The summed E-state index contributed by atoms with van der Waals surface area (Å²) in [5, 5.41) is 9.47. The number of hydrogen-bond donors (Lipinski definition) is 2. The van der Waals surface area contributed by atoms with Crippen LogP contribution in [-0.2, 0) is 9.57 Å². The van der Waals surface area contributed by atoms with Crippen LogP contribution in [-0.4, -0.2) is 38.1 Å². The van der Waals surface area contributed by atoms with Crippen LogP contribution < -0.4 is 5.48 Å². The number of nitrogens with one attached hydrogen (secondary N) is 1. The highest BCUT2D eigenvalue weighted by molar-refractivity contribution is 4.58. The first-order chi connectivity index (χ1) is 7.74. The molecule has 0 spiro atoms. The van der Waals surface area contributed by atoms with Gasteiger partial charge in [-0.25, -0.2) is 5.48 Å². The molecule has 0 amide bonds. The van der Waals surface area contributed by atoms with Crippen molar-refractivity contribution in [2.24, 2.45) is 5.92 Å². The van der Waals surface area contributed by atoms with Gasteiger partial charge in [-0.15, -0.1) is 0 Å². The molecular formula is C12H27NO3. The zero-order valence-electron chi connectivity index (χ0n) is 10.9. The van der Waals surface area contributed by atoms with Gasteiger partial charge < -0.3 is 14.7 Å². The average Bonchev–Trinajstić information content (AvgIpc) is 2.30. The molecule has 0 aromatic rings.